The molecule has 13 heavy (non-hydrogen) atoms. The smallest absolute Gasteiger partial charge is 0.151 e. The molecule has 70 valence electrons. The Morgan fingerprint density at radius 1 is 1.54 bits per heavy atom. The Bertz CT molecular complexity index is 299. The molecule has 0 aliphatic heterocycles. The maximum atomic E-state index is 10.5. The molecule has 1 rings (SSSR count). The van der Waals surface area contributed by atoms with Gasteiger partial charge in [0, 0.05) is 5.56 Å². The van der Waals surface area contributed by atoms with Gasteiger partial charge in [-0.2, -0.15) is 0 Å². The molecule has 0 amide bonds. The summed E-state index contributed by atoms with van der Waals surface area (Å²) in [4.78, 5) is 10.5. The Hall–Kier alpha value is -0.870. The van der Waals surface area contributed by atoms with Gasteiger partial charge in [0.25, 0.3) is 0 Å². The highest BCUT2D eigenvalue weighted by atomic mass is 79.9. The number of benzene rings is 1. The van der Waals surface area contributed by atoms with Gasteiger partial charge in [0.2, 0.25) is 0 Å². The third-order valence-corrected chi connectivity index (χ3v) is 2.32. The van der Waals surface area contributed by atoms with Crippen LogP contribution in [0.2, 0.25) is 0 Å². The number of carbonyl (C=O) groups excluding carboxylic acids is 1. The number of aliphatic hydroxyl groups excluding tert-OH is 1. The fraction of sp³-hybridized carbons (Fsp3) is 0.222. The third kappa shape index (κ3) is 2.54. The van der Waals surface area contributed by atoms with Gasteiger partial charge in [-0.3, -0.25) is 4.79 Å². The minimum Gasteiger partial charge on any atom is -0.490 e. The molecule has 0 fully saturated rings. The minimum absolute atomic E-state index is 0.0439. The van der Waals surface area contributed by atoms with E-state index in [-0.39, 0.29) is 13.2 Å². The minimum atomic E-state index is -0.0439. The van der Waals surface area contributed by atoms with Crippen molar-refractivity contribution in [3.63, 3.8) is 0 Å². The molecule has 0 spiro atoms. The quantitative estimate of drug-likeness (QED) is 0.820. The van der Waals surface area contributed by atoms with E-state index >= 15 is 0 Å². The zero-order valence-corrected chi connectivity index (χ0v) is 8.45. The summed E-state index contributed by atoms with van der Waals surface area (Å²) < 4.78 is 5.80. The van der Waals surface area contributed by atoms with Crippen LogP contribution in [-0.4, -0.2) is 24.6 Å². The molecule has 0 saturated heterocycles. The van der Waals surface area contributed by atoms with Crippen LogP contribution in [0.3, 0.4) is 0 Å². The molecule has 0 heterocycles. The summed E-state index contributed by atoms with van der Waals surface area (Å²) in [6.45, 7) is 0.179. The molecule has 1 aromatic carbocycles. The highest BCUT2D eigenvalue weighted by Gasteiger charge is 2.04. The Morgan fingerprint density at radius 3 is 2.92 bits per heavy atom. The van der Waals surface area contributed by atoms with Crippen molar-refractivity contribution in [2.45, 2.75) is 0 Å². The molecular weight excluding hydrogens is 236 g/mol. The molecule has 1 N–H and O–H groups in total. The first-order chi connectivity index (χ1) is 6.29. The van der Waals surface area contributed by atoms with Crippen LogP contribution in [0.15, 0.2) is 22.7 Å². The van der Waals surface area contributed by atoms with E-state index in [1.165, 1.54) is 0 Å². The van der Waals surface area contributed by atoms with Crippen molar-refractivity contribution < 1.29 is 14.6 Å². The van der Waals surface area contributed by atoms with Crippen molar-refractivity contribution in [3.05, 3.63) is 28.2 Å². The average molecular weight is 245 g/mol. The van der Waals surface area contributed by atoms with Gasteiger partial charge in [0.1, 0.15) is 12.4 Å². The van der Waals surface area contributed by atoms with E-state index < -0.39 is 0 Å². The van der Waals surface area contributed by atoms with Gasteiger partial charge >= 0.3 is 0 Å². The second-order valence-electron chi connectivity index (χ2n) is 2.35. The number of aliphatic hydroxyl groups is 1. The first-order valence-corrected chi connectivity index (χ1v) is 4.56. The summed E-state index contributed by atoms with van der Waals surface area (Å²) in [5.41, 5.74) is 0.537. The normalized spacial score (nSPS) is 9.69. The Morgan fingerprint density at radius 2 is 2.31 bits per heavy atom. The molecule has 4 heteroatoms. The summed E-state index contributed by atoms with van der Waals surface area (Å²) in [7, 11) is 0. The Balaban J connectivity index is 2.87. The van der Waals surface area contributed by atoms with E-state index in [0.29, 0.717) is 15.8 Å². The van der Waals surface area contributed by atoms with E-state index in [2.05, 4.69) is 15.9 Å². The summed E-state index contributed by atoms with van der Waals surface area (Å²) in [5, 5.41) is 8.54. The SMILES string of the molecule is O=Cc1cccc(OCCO)c1Br. The maximum absolute atomic E-state index is 10.5. The molecular formula is C9H9BrO3. The van der Waals surface area contributed by atoms with Gasteiger partial charge in [-0.05, 0) is 22.0 Å². The molecule has 0 bridgehead atoms. The van der Waals surface area contributed by atoms with E-state index in [1.807, 2.05) is 0 Å². The monoisotopic (exact) mass is 244 g/mol. The molecule has 1 aromatic rings. The van der Waals surface area contributed by atoms with E-state index in [1.54, 1.807) is 18.2 Å². The van der Waals surface area contributed by atoms with Gasteiger partial charge in [0.15, 0.2) is 6.29 Å². The molecule has 0 aromatic heterocycles. The number of rotatable bonds is 4. The van der Waals surface area contributed by atoms with Gasteiger partial charge in [-0.25, -0.2) is 0 Å². The molecule has 0 unspecified atom stereocenters. The van der Waals surface area contributed by atoms with E-state index in [0.717, 1.165) is 6.29 Å². The second kappa shape index (κ2) is 4.99. The van der Waals surface area contributed by atoms with Crippen molar-refractivity contribution in [3.8, 4) is 5.75 Å². The Kier molecular flexibility index (Phi) is 3.92. The number of hydrogen-bond acceptors (Lipinski definition) is 3. The lowest BCUT2D eigenvalue weighted by atomic mass is 10.2. The summed E-state index contributed by atoms with van der Waals surface area (Å²) >= 11 is 3.23. The predicted octanol–water partition coefficient (Wildman–Crippen LogP) is 1.63. The molecule has 0 saturated carbocycles. The van der Waals surface area contributed by atoms with Crippen molar-refractivity contribution >= 4 is 22.2 Å². The van der Waals surface area contributed by atoms with Crippen LogP contribution in [0.25, 0.3) is 0 Å². The number of halogens is 1. The summed E-state index contributed by atoms with van der Waals surface area (Å²) in [6.07, 6.45) is 0.746. The number of hydrogen-bond donors (Lipinski definition) is 1. The Labute approximate surface area is 84.5 Å². The van der Waals surface area contributed by atoms with Crippen LogP contribution < -0.4 is 4.74 Å². The molecule has 3 nitrogen and oxygen atoms in total. The zero-order valence-electron chi connectivity index (χ0n) is 6.87. The first-order valence-electron chi connectivity index (χ1n) is 3.77. The lowest BCUT2D eigenvalue weighted by Gasteiger charge is -2.07. The molecule has 0 aliphatic carbocycles. The molecule has 0 aliphatic rings. The fourth-order valence-electron chi connectivity index (χ4n) is 0.886. The lowest BCUT2D eigenvalue weighted by molar-refractivity contribution is 0.112. The van der Waals surface area contributed by atoms with Gasteiger partial charge < -0.3 is 9.84 Å². The van der Waals surface area contributed by atoms with Crippen molar-refractivity contribution in [2.75, 3.05) is 13.2 Å². The van der Waals surface area contributed by atoms with E-state index in [9.17, 15) is 4.79 Å². The number of aldehydes is 1. The van der Waals surface area contributed by atoms with Gasteiger partial charge in [0.05, 0.1) is 11.1 Å². The van der Waals surface area contributed by atoms with Crippen LogP contribution in [0, 0.1) is 0 Å². The van der Waals surface area contributed by atoms with Crippen LogP contribution in [0.5, 0.6) is 5.75 Å². The predicted molar refractivity (Wildman–Crippen MR) is 52.1 cm³/mol. The molecule has 0 radical (unpaired) electrons. The number of ether oxygens (including phenoxy) is 1. The van der Waals surface area contributed by atoms with Crippen LogP contribution in [-0.2, 0) is 0 Å². The van der Waals surface area contributed by atoms with Gasteiger partial charge in [-0.15, -0.1) is 0 Å². The summed E-state index contributed by atoms with van der Waals surface area (Å²) in [6, 6.07) is 5.14. The summed E-state index contributed by atoms with van der Waals surface area (Å²) in [5.74, 6) is 0.568. The van der Waals surface area contributed by atoms with Crippen molar-refractivity contribution in [1.82, 2.24) is 0 Å². The third-order valence-electron chi connectivity index (χ3n) is 1.47. The van der Waals surface area contributed by atoms with Crippen molar-refractivity contribution in [1.29, 1.82) is 0 Å². The molecule has 0 atom stereocenters. The van der Waals surface area contributed by atoms with Crippen LogP contribution in [0.4, 0.5) is 0 Å². The van der Waals surface area contributed by atoms with Crippen LogP contribution >= 0.6 is 15.9 Å². The maximum Gasteiger partial charge on any atom is 0.151 e. The second-order valence-corrected chi connectivity index (χ2v) is 3.14. The van der Waals surface area contributed by atoms with Crippen molar-refractivity contribution in [2.24, 2.45) is 0 Å². The largest absolute Gasteiger partial charge is 0.490 e. The van der Waals surface area contributed by atoms with Crippen LogP contribution in [0.1, 0.15) is 10.4 Å². The first kappa shape index (κ1) is 10.2. The number of carbonyl (C=O) groups is 1. The van der Waals surface area contributed by atoms with Gasteiger partial charge in [-0.1, -0.05) is 12.1 Å². The highest BCUT2D eigenvalue weighted by molar-refractivity contribution is 9.10. The lowest BCUT2D eigenvalue weighted by Crippen LogP contribution is -2.02. The highest BCUT2D eigenvalue weighted by Crippen LogP contribution is 2.27. The zero-order chi connectivity index (χ0) is 9.68. The topological polar surface area (TPSA) is 46.5 Å². The fourth-order valence-corrected chi connectivity index (χ4v) is 1.36. The average Bonchev–Trinajstić information content (AvgIpc) is 2.16. The standard InChI is InChI=1S/C9H9BrO3/c10-9-7(6-12)2-1-3-8(9)13-5-4-11/h1-3,6,11H,4-5H2. The van der Waals surface area contributed by atoms with E-state index in [4.69, 9.17) is 9.84 Å².